The minimum Gasteiger partial charge on any atom is -0.452 e. The van der Waals surface area contributed by atoms with Crippen molar-refractivity contribution in [2.45, 2.75) is 13.8 Å². The molecule has 0 saturated carbocycles. The van der Waals surface area contributed by atoms with E-state index in [9.17, 15) is 14.4 Å². The Hall–Kier alpha value is -3.35. The maximum Gasteiger partial charge on any atom is 0.338 e. The van der Waals surface area contributed by atoms with Crippen LogP contribution in [0, 0.1) is 0 Å². The van der Waals surface area contributed by atoms with Gasteiger partial charge in [-0.05, 0) is 56.3 Å². The van der Waals surface area contributed by atoms with Crippen LogP contribution in [0.4, 0.5) is 11.4 Å². The molecule has 0 heterocycles. The van der Waals surface area contributed by atoms with Gasteiger partial charge < -0.3 is 20.3 Å². The molecule has 0 spiro atoms. The molecule has 7 heteroatoms. The van der Waals surface area contributed by atoms with Crippen LogP contribution < -0.4 is 15.5 Å². The Morgan fingerprint density at radius 1 is 0.964 bits per heavy atom. The molecular formula is C21H25N3O4. The number of amides is 2. The van der Waals surface area contributed by atoms with E-state index in [4.69, 9.17) is 4.74 Å². The van der Waals surface area contributed by atoms with Gasteiger partial charge in [0.05, 0.1) is 5.56 Å². The monoisotopic (exact) mass is 383 g/mol. The maximum atomic E-state index is 12.1. The lowest BCUT2D eigenvalue weighted by Gasteiger charge is -2.20. The van der Waals surface area contributed by atoms with Crippen molar-refractivity contribution in [3.8, 4) is 0 Å². The molecule has 2 aromatic carbocycles. The fourth-order valence-corrected chi connectivity index (χ4v) is 2.69. The van der Waals surface area contributed by atoms with Crippen LogP contribution in [-0.2, 0) is 9.53 Å². The number of benzene rings is 2. The van der Waals surface area contributed by atoms with Gasteiger partial charge in [-0.3, -0.25) is 9.59 Å². The zero-order valence-corrected chi connectivity index (χ0v) is 16.3. The molecule has 2 aromatic rings. The third kappa shape index (κ3) is 5.57. The number of anilines is 2. The van der Waals surface area contributed by atoms with Crippen LogP contribution >= 0.6 is 0 Å². The summed E-state index contributed by atoms with van der Waals surface area (Å²) in [5.74, 6) is -1.31. The number of rotatable bonds is 8. The SMILES string of the molecule is CCN(CC)c1ccc(C(=O)OCC(=O)Nc2cccc(C(=O)NC)c2)cc1. The number of nitrogens with zero attached hydrogens (tertiary/aromatic N) is 1. The number of nitrogens with one attached hydrogen (secondary N) is 2. The largest absolute Gasteiger partial charge is 0.452 e. The summed E-state index contributed by atoms with van der Waals surface area (Å²) in [6.45, 7) is 5.47. The zero-order valence-electron chi connectivity index (χ0n) is 16.3. The van der Waals surface area contributed by atoms with Crippen LogP contribution in [0.5, 0.6) is 0 Å². The number of hydrogen-bond donors (Lipinski definition) is 2. The summed E-state index contributed by atoms with van der Waals surface area (Å²) >= 11 is 0. The summed E-state index contributed by atoms with van der Waals surface area (Å²) in [7, 11) is 1.53. The number of hydrogen-bond acceptors (Lipinski definition) is 5. The highest BCUT2D eigenvalue weighted by Gasteiger charge is 2.12. The second-order valence-electron chi connectivity index (χ2n) is 6.00. The minimum atomic E-state index is -0.569. The van der Waals surface area contributed by atoms with E-state index < -0.39 is 18.5 Å². The van der Waals surface area contributed by atoms with Crippen LogP contribution in [0.15, 0.2) is 48.5 Å². The van der Waals surface area contributed by atoms with Crippen molar-refractivity contribution in [2.24, 2.45) is 0 Å². The molecule has 0 aliphatic heterocycles. The van der Waals surface area contributed by atoms with Gasteiger partial charge in [0.15, 0.2) is 6.61 Å². The first-order valence-electron chi connectivity index (χ1n) is 9.12. The first-order chi connectivity index (χ1) is 13.5. The topological polar surface area (TPSA) is 87.7 Å². The van der Waals surface area contributed by atoms with Gasteiger partial charge in [0.25, 0.3) is 11.8 Å². The molecule has 2 amide bonds. The van der Waals surface area contributed by atoms with Gasteiger partial charge in [-0.25, -0.2) is 4.79 Å². The van der Waals surface area contributed by atoms with Gasteiger partial charge in [-0.2, -0.15) is 0 Å². The average Bonchev–Trinajstić information content (AvgIpc) is 2.73. The Morgan fingerprint density at radius 3 is 2.25 bits per heavy atom. The normalized spacial score (nSPS) is 10.1. The molecule has 0 fully saturated rings. The van der Waals surface area contributed by atoms with Gasteiger partial charge in [0.1, 0.15) is 0 Å². The van der Waals surface area contributed by atoms with Crippen LogP contribution in [0.3, 0.4) is 0 Å². The van der Waals surface area contributed by atoms with E-state index in [-0.39, 0.29) is 5.91 Å². The Kier molecular flexibility index (Phi) is 7.56. The third-order valence-corrected chi connectivity index (χ3v) is 4.20. The molecule has 148 valence electrons. The number of carbonyl (C=O) groups excluding carboxylic acids is 3. The lowest BCUT2D eigenvalue weighted by molar-refractivity contribution is -0.119. The van der Waals surface area contributed by atoms with Crippen molar-refractivity contribution < 1.29 is 19.1 Å². The molecule has 0 bridgehead atoms. The molecule has 0 aliphatic rings. The van der Waals surface area contributed by atoms with E-state index in [2.05, 4.69) is 29.4 Å². The molecule has 2 rings (SSSR count). The van der Waals surface area contributed by atoms with E-state index in [1.165, 1.54) is 7.05 Å². The summed E-state index contributed by atoms with van der Waals surface area (Å²) < 4.78 is 5.07. The van der Waals surface area contributed by atoms with Gasteiger partial charge in [-0.15, -0.1) is 0 Å². The number of carbonyl (C=O) groups is 3. The summed E-state index contributed by atoms with van der Waals surface area (Å²) in [4.78, 5) is 38.0. The fourth-order valence-electron chi connectivity index (χ4n) is 2.69. The summed E-state index contributed by atoms with van der Waals surface area (Å²) in [6, 6.07) is 13.6. The Bertz CT molecular complexity index is 830. The molecule has 0 radical (unpaired) electrons. The van der Waals surface area contributed by atoms with Crippen LogP contribution in [0.25, 0.3) is 0 Å². The maximum absolute atomic E-state index is 12.1. The summed E-state index contributed by atoms with van der Waals surface area (Å²) in [6.07, 6.45) is 0. The third-order valence-electron chi connectivity index (χ3n) is 4.20. The predicted molar refractivity (Wildman–Crippen MR) is 109 cm³/mol. The minimum absolute atomic E-state index is 0.254. The Balaban J connectivity index is 1.90. The van der Waals surface area contributed by atoms with E-state index in [0.29, 0.717) is 16.8 Å². The molecule has 7 nitrogen and oxygen atoms in total. The van der Waals surface area contributed by atoms with Gasteiger partial charge in [0.2, 0.25) is 0 Å². The number of esters is 1. The average molecular weight is 383 g/mol. The lowest BCUT2D eigenvalue weighted by Crippen LogP contribution is -2.22. The van der Waals surface area contributed by atoms with Gasteiger partial charge in [0, 0.05) is 37.1 Å². The molecule has 0 aliphatic carbocycles. The molecule has 0 saturated heterocycles. The summed E-state index contributed by atoms with van der Waals surface area (Å²) in [5.41, 5.74) is 2.27. The van der Waals surface area contributed by atoms with Crippen LogP contribution in [-0.4, -0.2) is 44.5 Å². The number of ether oxygens (including phenoxy) is 1. The van der Waals surface area contributed by atoms with Gasteiger partial charge in [-0.1, -0.05) is 6.07 Å². The van der Waals surface area contributed by atoms with Crippen molar-refractivity contribution in [1.29, 1.82) is 0 Å². The first kappa shape index (κ1) is 21.0. The van der Waals surface area contributed by atoms with E-state index in [0.717, 1.165) is 18.8 Å². The molecule has 0 unspecified atom stereocenters. The quantitative estimate of drug-likeness (QED) is 0.685. The van der Waals surface area contributed by atoms with E-state index in [1.807, 2.05) is 12.1 Å². The fraction of sp³-hybridized carbons (Fsp3) is 0.286. The molecule has 2 N–H and O–H groups in total. The van der Waals surface area contributed by atoms with Crippen molar-refractivity contribution in [3.05, 3.63) is 59.7 Å². The standard InChI is InChI=1S/C21H25N3O4/c1-4-24(5-2)18-11-9-15(10-12-18)21(27)28-14-19(25)23-17-8-6-7-16(13-17)20(26)22-3/h6-13H,4-5,14H2,1-3H3,(H,22,26)(H,23,25). The van der Waals surface area contributed by atoms with E-state index >= 15 is 0 Å². The highest BCUT2D eigenvalue weighted by Crippen LogP contribution is 2.15. The smallest absolute Gasteiger partial charge is 0.338 e. The Morgan fingerprint density at radius 2 is 1.64 bits per heavy atom. The molecule has 0 aromatic heterocycles. The highest BCUT2D eigenvalue weighted by atomic mass is 16.5. The first-order valence-corrected chi connectivity index (χ1v) is 9.12. The predicted octanol–water partition coefficient (Wildman–Crippen LogP) is 2.69. The molecule has 28 heavy (non-hydrogen) atoms. The van der Waals surface area contributed by atoms with E-state index in [1.54, 1.807) is 36.4 Å². The van der Waals surface area contributed by atoms with Crippen LogP contribution in [0.1, 0.15) is 34.6 Å². The van der Waals surface area contributed by atoms with Crippen molar-refractivity contribution in [3.63, 3.8) is 0 Å². The van der Waals surface area contributed by atoms with Crippen molar-refractivity contribution in [2.75, 3.05) is 37.0 Å². The Labute approximate surface area is 164 Å². The molecule has 0 atom stereocenters. The highest BCUT2D eigenvalue weighted by molar-refractivity contribution is 5.98. The summed E-state index contributed by atoms with van der Waals surface area (Å²) in [5, 5.41) is 5.12. The zero-order chi connectivity index (χ0) is 20.5. The second kappa shape index (κ2) is 10.1. The van der Waals surface area contributed by atoms with Crippen molar-refractivity contribution >= 4 is 29.2 Å². The molecular weight excluding hydrogens is 358 g/mol. The lowest BCUT2D eigenvalue weighted by atomic mass is 10.2. The van der Waals surface area contributed by atoms with Crippen molar-refractivity contribution in [1.82, 2.24) is 5.32 Å². The van der Waals surface area contributed by atoms with Gasteiger partial charge >= 0.3 is 5.97 Å². The second-order valence-corrected chi connectivity index (χ2v) is 6.00. The van der Waals surface area contributed by atoms with Crippen LogP contribution in [0.2, 0.25) is 0 Å².